The lowest BCUT2D eigenvalue weighted by Crippen LogP contribution is -2.43. The Morgan fingerprint density at radius 3 is 2.33 bits per heavy atom. The van der Waals surface area contributed by atoms with Crippen molar-refractivity contribution in [1.29, 1.82) is 0 Å². The van der Waals surface area contributed by atoms with Gasteiger partial charge in [-0.15, -0.1) is 0 Å². The molecule has 0 amide bonds. The Bertz CT molecular complexity index is 998. The quantitative estimate of drug-likeness (QED) is 0.750. The highest BCUT2D eigenvalue weighted by Crippen LogP contribution is 2.28. The molecule has 1 aliphatic rings. The van der Waals surface area contributed by atoms with Crippen LogP contribution in [-0.4, -0.2) is 39.6 Å². The number of pyridine rings is 1. The molecule has 0 bridgehead atoms. The van der Waals surface area contributed by atoms with Crippen molar-refractivity contribution in [2.45, 2.75) is 23.6 Å². The van der Waals surface area contributed by atoms with Gasteiger partial charge in [0.2, 0.25) is 9.84 Å². The van der Waals surface area contributed by atoms with Crippen molar-refractivity contribution < 1.29 is 8.42 Å². The van der Waals surface area contributed by atoms with E-state index in [1.165, 1.54) is 6.20 Å². The van der Waals surface area contributed by atoms with Gasteiger partial charge in [0.15, 0.2) is 0 Å². The van der Waals surface area contributed by atoms with Crippen LogP contribution in [0.15, 0.2) is 70.6 Å². The van der Waals surface area contributed by atoms with Crippen LogP contribution in [0, 0.1) is 0 Å². The first-order chi connectivity index (χ1) is 13.2. The molecule has 1 aliphatic heterocycles. The van der Waals surface area contributed by atoms with Crippen LogP contribution in [0.3, 0.4) is 0 Å². The molecule has 1 aromatic heterocycles. The van der Waals surface area contributed by atoms with Gasteiger partial charge in [-0.3, -0.25) is 4.98 Å². The predicted octanol–water partition coefficient (Wildman–Crippen LogP) is 3.50. The highest BCUT2D eigenvalue weighted by Gasteiger charge is 2.20. The van der Waals surface area contributed by atoms with Crippen molar-refractivity contribution >= 4 is 26.4 Å². The van der Waals surface area contributed by atoms with E-state index in [0.29, 0.717) is 0 Å². The smallest absolute Gasteiger partial charge is 0.208 e. The molecule has 0 aliphatic carbocycles. The number of rotatable bonds is 3. The third-order valence-electron chi connectivity index (χ3n) is 4.49. The zero-order valence-electron chi connectivity index (χ0n) is 15.7. The third-order valence-corrected chi connectivity index (χ3v) is 6.22. The molecule has 4 rings (SSSR count). The standard InChI is InChI=1S/C19H19N3O2S.C2H6/c23-25(24,16-6-2-1-3-7-16)17-13-15-5-4-8-18(19(15)21-14-17)22-11-9-20-10-12-22;1-2/h1-8,13-14,20H,9-12H2;1-2H3. The number of nitrogens with one attached hydrogen (secondary N) is 1. The van der Waals surface area contributed by atoms with E-state index in [2.05, 4.69) is 15.2 Å². The molecule has 0 saturated carbocycles. The molecular formula is C21H25N3O2S. The summed E-state index contributed by atoms with van der Waals surface area (Å²) in [5, 5.41) is 4.18. The van der Waals surface area contributed by atoms with E-state index in [1.807, 2.05) is 32.0 Å². The summed E-state index contributed by atoms with van der Waals surface area (Å²) < 4.78 is 25.6. The molecule has 1 saturated heterocycles. The average Bonchev–Trinajstić information content (AvgIpc) is 2.75. The van der Waals surface area contributed by atoms with Crippen molar-refractivity contribution in [3.05, 3.63) is 60.8 Å². The Balaban J connectivity index is 0.00000102. The molecule has 142 valence electrons. The minimum Gasteiger partial charge on any atom is -0.367 e. The van der Waals surface area contributed by atoms with Crippen LogP contribution < -0.4 is 10.2 Å². The van der Waals surface area contributed by atoms with Gasteiger partial charge in [-0.05, 0) is 24.3 Å². The molecule has 5 nitrogen and oxygen atoms in total. The minimum absolute atomic E-state index is 0.226. The zero-order chi connectivity index (χ0) is 19.3. The number of para-hydroxylation sites is 1. The van der Waals surface area contributed by atoms with Crippen molar-refractivity contribution in [3.63, 3.8) is 0 Å². The van der Waals surface area contributed by atoms with E-state index in [4.69, 9.17) is 0 Å². The van der Waals surface area contributed by atoms with E-state index in [9.17, 15) is 8.42 Å². The number of piperazine rings is 1. The molecule has 2 heterocycles. The van der Waals surface area contributed by atoms with Gasteiger partial charge >= 0.3 is 0 Å². The maximum absolute atomic E-state index is 12.8. The van der Waals surface area contributed by atoms with Crippen molar-refractivity contribution in [1.82, 2.24) is 10.3 Å². The number of aromatic nitrogens is 1. The van der Waals surface area contributed by atoms with Gasteiger partial charge < -0.3 is 10.2 Å². The summed E-state index contributed by atoms with van der Waals surface area (Å²) in [6.45, 7) is 7.73. The van der Waals surface area contributed by atoms with E-state index < -0.39 is 9.84 Å². The topological polar surface area (TPSA) is 62.3 Å². The largest absolute Gasteiger partial charge is 0.367 e. The first-order valence-corrected chi connectivity index (χ1v) is 10.8. The molecule has 0 spiro atoms. The molecule has 0 atom stereocenters. The summed E-state index contributed by atoms with van der Waals surface area (Å²) in [6.07, 6.45) is 1.47. The average molecular weight is 384 g/mol. The monoisotopic (exact) mass is 383 g/mol. The van der Waals surface area contributed by atoms with Crippen LogP contribution in [0.1, 0.15) is 13.8 Å². The Hall–Kier alpha value is -2.44. The fraction of sp³-hybridized carbons (Fsp3) is 0.286. The summed E-state index contributed by atoms with van der Waals surface area (Å²) in [5.74, 6) is 0. The van der Waals surface area contributed by atoms with E-state index in [0.717, 1.165) is 42.8 Å². The summed E-state index contributed by atoms with van der Waals surface area (Å²) in [5.41, 5.74) is 1.90. The molecular weight excluding hydrogens is 358 g/mol. The van der Waals surface area contributed by atoms with Crippen LogP contribution in [0.4, 0.5) is 5.69 Å². The summed E-state index contributed by atoms with van der Waals surface area (Å²) in [4.78, 5) is 7.31. The number of benzene rings is 2. The highest BCUT2D eigenvalue weighted by atomic mass is 32.2. The lowest BCUT2D eigenvalue weighted by Gasteiger charge is -2.30. The molecule has 0 radical (unpaired) electrons. The fourth-order valence-corrected chi connectivity index (χ4v) is 4.43. The number of hydrogen-bond donors (Lipinski definition) is 1. The van der Waals surface area contributed by atoms with Gasteiger partial charge in [0.1, 0.15) is 0 Å². The van der Waals surface area contributed by atoms with Crippen LogP contribution in [0.25, 0.3) is 10.9 Å². The SMILES string of the molecule is CC.O=S(=O)(c1ccccc1)c1cnc2c(N3CCNCC3)cccc2c1. The van der Waals surface area contributed by atoms with E-state index in [-0.39, 0.29) is 9.79 Å². The van der Waals surface area contributed by atoms with Crippen LogP contribution >= 0.6 is 0 Å². The second-order valence-corrected chi connectivity index (χ2v) is 8.02. The first-order valence-electron chi connectivity index (χ1n) is 9.31. The Kier molecular flexibility index (Phi) is 6.08. The summed E-state index contributed by atoms with van der Waals surface area (Å²) >= 11 is 0. The molecule has 1 N–H and O–H groups in total. The molecule has 6 heteroatoms. The Morgan fingerprint density at radius 2 is 1.63 bits per heavy atom. The van der Waals surface area contributed by atoms with Crippen molar-refractivity contribution in [3.8, 4) is 0 Å². The highest BCUT2D eigenvalue weighted by molar-refractivity contribution is 7.91. The minimum atomic E-state index is -3.55. The first kappa shape index (κ1) is 19.3. The molecule has 2 aromatic carbocycles. The van der Waals surface area contributed by atoms with Crippen molar-refractivity contribution in [2.24, 2.45) is 0 Å². The number of sulfone groups is 1. The molecule has 3 aromatic rings. The molecule has 27 heavy (non-hydrogen) atoms. The van der Waals surface area contributed by atoms with Gasteiger partial charge in [0.05, 0.1) is 21.0 Å². The van der Waals surface area contributed by atoms with Gasteiger partial charge in [0, 0.05) is 37.8 Å². The normalized spacial score (nSPS) is 14.5. The lowest BCUT2D eigenvalue weighted by molar-refractivity contribution is 0.590. The zero-order valence-corrected chi connectivity index (χ0v) is 16.5. The second kappa shape index (κ2) is 8.50. The van der Waals surface area contributed by atoms with Gasteiger partial charge in [0.25, 0.3) is 0 Å². The summed E-state index contributed by atoms with van der Waals surface area (Å²) in [6, 6.07) is 16.1. The maximum Gasteiger partial charge on any atom is 0.208 e. The molecule has 0 unspecified atom stereocenters. The number of hydrogen-bond acceptors (Lipinski definition) is 5. The third kappa shape index (κ3) is 3.96. The van der Waals surface area contributed by atoms with E-state index >= 15 is 0 Å². The van der Waals surface area contributed by atoms with Crippen LogP contribution in [-0.2, 0) is 9.84 Å². The second-order valence-electron chi connectivity index (χ2n) is 6.07. The number of fused-ring (bicyclic) bond motifs is 1. The summed E-state index contributed by atoms with van der Waals surface area (Å²) in [7, 11) is -3.55. The van der Waals surface area contributed by atoms with Crippen LogP contribution in [0.5, 0.6) is 0 Å². The van der Waals surface area contributed by atoms with E-state index in [1.54, 1.807) is 36.4 Å². The Labute approximate surface area is 161 Å². The molecule has 1 fully saturated rings. The van der Waals surface area contributed by atoms with Gasteiger partial charge in [-0.2, -0.15) is 0 Å². The van der Waals surface area contributed by atoms with Crippen molar-refractivity contribution in [2.75, 3.05) is 31.1 Å². The maximum atomic E-state index is 12.8. The fourth-order valence-electron chi connectivity index (χ4n) is 3.17. The van der Waals surface area contributed by atoms with Gasteiger partial charge in [-0.1, -0.05) is 44.2 Å². The predicted molar refractivity (Wildman–Crippen MR) is 110 cm³/mol. The Morgan fingerprint density at radius 1 is 0.926 bits per heavy atom. The number of anilines is 1. The lowest BCUT2D eigenvalue weighted by atomic mass is 10.1. The van der Waals surface area contributed by atoms with Crippen LogP contribution in [0.2, 0.25) is 0 Å². The number of nitrogens with zero attached hydrogens (tertiary/aromatic N) is 2. The van der Waals surface area contributed by atoms with Gasteiger partial charge in [-0.25, -0.2) is 8.42 Å².